The van der Waals surface area contributed by atoms with E-state index in [1.807, 2.05) is 15.9 Å². The first-order valence-corrected chi connectivity index (χ1v) is 10.3. The molecular weight excluding hydrogens is 425 g/mol. The Morgan fingerprint density at radius 2 is 1.81 bits per heavy atom. The summed E-state index contributed by atoms with van der Waals surface area (Å²) in [6, 6.07) is 11.2. The average molecular weight is 450 g/mol. The van der Waals surface area contributed by atoms with Gasteiger partial charge in [-0.25, -0.2) is 4.98 Å². The van der Waals surface area contributed by atoms with E-state index in [1.54, 1.807) is 24.3 Å². The van der Waals surface area contributed by atoms with Gasteiger partial charge in [-0.1, -0.05) is 18.2 Å². The van der Waals surface area contributed by atoms with Gasteiger partial charge in [0.05, 0.1) is 11.5 Å². The predicted molar refractivity (Wildman–Crippen MR) is 113 cm³/mol. The third-order valence-electron chi connectivity index (χ3n) is 5.30. The molecule has 7 nitrogen and oxygen atoms in total. The van der Waals surface area contributed by atoms with E-state index >= 15 is 0 Å². The van der Waals surface area contributed by atoms with Crippen molar-refractivity contribution in [3.05, 3.63) is 54.2 Å². The number of nitrogens with one attached hydrogen (secondary N) is 1. The topological polar surface area (TPSA) is 85.8 Å². The van der Waals surface area contributed by atoms with E-state index < -0.39 is 23.6 Å². The fourth-order valence-electron chi connectivity index (χ4n) is 3.62. The smallest absolute Gasteiger partial charge is 0.417 e. The van der Waals surface area contributed by atoms with Gasteiger partial charge in [0.2, 0.25) is 5.91 Å². The van der Waals surface area contributed by atoms with Gasteiger partial charge in [0.25, 0.3) is 0 Å². The number of carbonyl (C=O) groups is 2. The van der Waals surface area contributed by atoms with E-state index in [0.717, 1.165) is 12.3 Å². The minimum absolute atomic E-state index is 0.148. The van der Waals surface area contributed by atoms with Gasteiger partial charge in [-0.05, 0) is 37.2 Å². The van der Waals surface area contributed by atoms with E-state index in [-0.39, 0.29) is 18.9 Å². The van der Waals surface area contributed by atoms with Crippen molar-refractivity contribution in [2.45, 2.75) is 19.0 Å². The second-order valence-electron chi connectivity index (χ2n) is 7.70. The van der Waals surface area contributed by atoms with Crippen LogP contribution in [0.1, 0.15) is 18.4 Å². The molecule has 1 aromatic heterocycles. The number of amides is 1. The van der Waals surface area contributed by atoms with Crippen LogP contribution >= 0.6 is 0 Å². The Hall–Kier alpha value is -3.14. The monoisotopic (exact) mass is 450 g/mol. The van der Waals surface area contributed by atoms with Gasteiger partial charge in [-0.3, -0.25) is 9.59 Å². The molecule has 1 aliphatic heterocycles. The fraction of sp³-hybridized carbons (Fsp3) is 0.409. The van der Waals surface area contributed by atoms with Crippen molar-refractivity contribution in [3.8, 4) is 0 Å². The van der Waals surface area contributed by atoms with Crippen molar-refractivity contribution in [2.24, 2.45) is 5.92 Å². The molecule has 1 fully saturated rings. The molecule has 0 radical (unpaired) electrons. The third-order valence-corrected chi connectivity index (χ3v) is 5.30. The zero-order chi connectivity index (χ0) is 23.1. The van der Waals surface area contributed by atoms with Gasteiger partial charge < -0.3 is 20.2 Å². The van der Waals surface area contributed by atoms with Crippen LogP contribution in [0, 0.1) is 5.92 Å². The quantitative estimate of drug-likeness (QED) is 0.673. The summed E-state index contributed by atoms with van der Waals surface area (Å²) in [5.41, 5.74) is -0.188. The summed E-state index contributed by atoms with van der Waals surface area (Å²) in [7, 11) is 0. The molecule has 0 spiro atoms. The van der Waals surface area contributed by atoms with Crippen molar-refractivity contribution in [1.29, 1.82) is 0 Å². The Labute approximate surface area is 183 Å². The van der Waals surface area contributed by atoms with Crippen molar-refractivity contribution in [2.75, 3.05) is 42.9 Å². The minimum atomic E-state index is -4.43. The summed E-state index contributed by atoms with van der Waals surface area (Å²) < 4.78 is 38.2. The molecular formula is C22H25F3N4O3. The Balaban J connectivity index is 1.55. The number of carboxylic acids is 1. The standard InChI is InChI=1S/C22H25F3N4O3/c23-22(24,25)17-7-8-19(26-14-17)29-10-4-9-28(11-12-29)15-16(21(31)32)13-20(30)27-18-5-2-1-3-6-18/h1-3,5-8,14,16H,4,9-13,15H2,(H,27,30)(H,31,32)/t16-/m0/s1. The SMILES string of the molecule is O=C(C[C@@H](CN1CCCN(c2ccc(C(F)(F)F)cn2)CC1)C(=O)O)Nc1ccccc1. The summed E-state index contributed by atoms with van der Waals surface area (Å²) in [5.74, 6) is -1.82. The summed E-state index contributed by atoms with van der Waals surface area (Å²) in [6.45, 7) is 2.46. The number of pyridine rings is 1. The molecule has 1 aliphatic rings. The highest BCUT2D eigenvalue weighted by Crippen LogP contribution is 2.29. The van der Waals surface area contributed by atoms with E-state index in [0.29, 0.717) is 44.1 Å². The molecule has 2 heterocycles. The summed E-state index contributed by atoms with van der Waals surface area (Å²) in [6.07, 6.45) is -3.06. The zero-order valence-corrected chi connectivity index (χ0v) is 17.4. The molecule has 0 aliphatic carbocycles. The first-order valence-electron chi connectivity index (χ1n) is 10.3. The van der Waals surface area contributed by atoms with Crippen LogP contribution in [0.3, 0.4) is 0 Å². The highest BCUT2D eigenvalue weighted by Gasteiger charge is 2.31. The largest absolute Gasteiger partial charge is 0.481 e. The molecule has 1 atom stereocenters. The lowest BCUT2D eigenvalue weighted by Gasteiger charge is -2.25. The van der Waals surface area contributed by atoms with Gasteiger partial charge >= 0.3 is 12.1 Å². The number of nitrogens with zero attached hydrogens (tertiary/aromatic N) is 3. The van der Waals surface area contributed by atoms with Crippen LogP contribution in [0.25, 0.3) is 0 Å². The number of carboxylic acid groups (broad SMARTS) is 1. The van der Waals surface area contributed by atoms with Crippen LogP contribution in [0.5, 0.6) is 0 Å². The summed E-state index contributed by atoms with van der Waals surface area (Å²) in [4.78, 5) is 31.8. The summed E-state index contributed by atoms with van der Waals surface area (Å²) >= 11 is 0. The van der Waals surface area contributed by atoms with Crippen molar-refractivity contribution in [3.63, 3.8) is 0 Å². The molecule has 0 saturated carbocycles. The molecule has 1 aromatic carbocycles. The number of benzene rings is 1. The molecule has 1 amide bonds. The lowest BCUT2D eigenvalue weighted by atomic mass is 10.0. The molecule has 2 N–H and O–H groups in total. The van der Waals surface area contributed by atoms with Crippen LogP contribution in [-0.2, 0) is 15.8 Å². The molecule has 172 valence electrons. The van der Waals surface area contributed by atoms with Crippen LogP contribution < -0.4 is 10.2 Å². The molecule has 0 unspecified atom stereocenters. The maximum absolute atomic E-state index is 12.7. The van der Waals surface area contributed by atoms with Crippen molar-refractivity contribution < 1.29 is 27.9 Å². The predicted octanol–water partition coefficient (Wildman–Crippen LogP) is 3.34. The van der Waals surface area contributed by atoms with E-state index in [1.165, 1.54) is 6.07 Å². The lowest BCUT2D eigenvalue weighted by Crippen LogP contribution is -2.37. The minimum Gasteiger partial charge on any atom is -0.481 e. The Morgan fingerprint density at radius 1 is 1.06 bits per heavy atom. The second kappa shape index (κ2) is 10.4. The maximum atomic E-state index is 12.7. The zero-order valence-electron chi connectivity index (χ0n) is 17.4. The van der Waals surface area contributed by atoms with Gasteiger partial charge in [0, 0.05) is 44.5 Å². The maximum Gasteiger partial charge on any atom is 0.417 e. The average Bonchev–Trinajstić information content (AvgIpc) is 2.99. The summed E-state index contributed by atoms with van der Waals surface area (Å²) in [5, 5.41) is 12.3. The van der Waals surface area contributed by atoms with Crippen LogP contribution in [0.4, 0.5) is 24.7 Å². The van der Waals surface area contributed by atoms with Crippen LogP contribution in [0.15, 0.2) is 48.7 Å². The lowest BCUT2D eigenvalue weighted by molar-refractivity contribution is -0.144. The first-order chi connectivity index (χ1) is 15.2. The van der Waals surface area contributed by atoms with Crippen LogP contribution in [0.2, 0.25) is 0 Å². The van der Waals surface area contributed by atoms with Gasteiger partial charge in [0.15, 0.2) is 0 Å². The molecule has 10 heteroatoms. The van der Waals surface area contributed by atoms with Gasteiger partial charge in [-0.15, -0.1) is 0 Å². The highest BCUT2D eigenvalue weighted by molar-refractivity contribution is 5.93. The van der Waals surface area contributed by atoms with Gasteiger partial charge in [-0.2, -0.15) is 13.2 Å². The fourth-order valence-corrected chi connectivity index (χ4v) is 3.62. The number of aromatic nitrogens is 1. The number of hydrogen-bond acceptors (Lipinski definition) is 5. The molecule has 0 bridgehead atoms. The normalized spacial score (nSPS) is 16.3. The third kappa shape index (κ3) is 6.68. The second-order valence-corrected chi connectivity index (χ2v) is 7.70. The van der Waals surface area contributed by atoms with Crippen molar-refractivity contribution in [1.82, 2.24) is 9.88 Å². The number of aliphatic carboxylic acids is 1. The Kier molecular flexibility index (Phi) is 7.68. The number of hydrogen-bond donors (Lipinski definition) is 2. The number of rotatable bonds is 7. The number of carbonyl (C=O) groups excluding carboxylic acids is 1. The van der Waals surface area contributed by atoms with Crippen molar-refractivity contribution >= 4 is 23.4 Å². The number of halogens is 3. The number of anilines is 2. The van der Waals surface area contributed by atoms with E-state index in [4.69, 9.17) is 0 Å². The molecule has 1 saturated heterocycles. The van der Waals surface area contributed by atoms with E-state index in [2.05, 4.69) is 10.3 Å². The van der Waals surface area contributed by atoms with E-state index in [9.17, 15) is 27.9 Å². The first kappa shape index (κ1) is 23.5. The van der Waals surface area contributed by atoms with Crippen LogP contribution in [-0.4, -0.2) is 59.6 Å². The Bertz CT molecular complexity index is 907. The molecule has 2 aromatic rings. The highest BCUT2D eigenvalue weighted by atomic mass is 19.4. The van der Waals surface area contributed by atoms with Gasteiger partial charge in [0.1, 0.15) is 5.82 Å². The Morgan fingerprint density at radius 3 is 2.44 bits per heavy atom. The number of para-hydroxylation sites is 1. The molecule has 32 heavy (non-hydrogen) atoms. The molecule has 3 rings (SSSR count). The number of alkyl halides is 3.